The number of likely N-dealkylation sites (tertiary alicyclic amines) is 1. The first-order chi connectivity index (χ1) is 11.6. The number of halogens is 1. The predicted molar refractivity (Wildman–Crippen MR) is 97.7 cm³/mol. The van der Waals surface area contributed by atoms with Crippen molar-refractivity contribution >= 4 is 27.7 Å². The fourth-order valence-corrected chi connectivity index (χ4v) is 4.24. The maximum atomic E-state index is 12.9. The molecule has 130 valence electrons. The molecule has 0 unspecified atom stereocenters. The Morgan fingerprint density at radius 1 is 1.04 bits per heavy atom. The molecule has 1 aliphatic carbocycles. The van der Waals surface area contributed by atoms with Crippen LogP contribution in [0.5, 0.6) is 0 Å². The number of hydrogen-bond donors (Lipinski definition) is 1. The van der Waals surface area contributed by atoms with E-state index in [1.807, 2.05) is 29.2 Å². The number of amides is 2. The van der Waals surface area contributed by atoms with Gasteiger partial charge in [0.25, 0.3) is 0 Å². The number of rotatable bonds is 5. The van der Waals surface area contributed by atoms with Gasteiger partial charge in [0.2, 0.25) is 11.8 Å². The van der Waals surface area contributed by atoms with Gasteiger partial charge in [-0.15, -0.1) is 0 Å². The molecule has 1 aromatic rings. The SMILES string of the molecule is O=C(CCNC(=O)C1(c2ccc(Br)cc2)CCCC1)N1CCCC1. The monoisotopic (exact) mass is 392 g/mol. The van der Waals surface area contributed by atoms with Crippen molar-refractivity contribution in [2.45, 2.75) is 50.4 Å². The van der Waals surface area contributed by atoms with Gasteiger partial charge in [0, 0.05) is 30.5 Å². The summed E-state index contributed by atoms with van der Waals surface area (Å²) in [4.78, 5) is 26.9. The standard InChI is InChI=1S/C19H25BrN2O2/c20-16-7-5-15(6-8-16)19(10-1-2-11-19)18(24)21-12-9-17(23)22-13-3-4-14-22/h5-8H,1-4,9-14H2,(H,21,24). The van der Waals surface area contributed by atoms with E-state index >= 15 is 0 Å². The Balaban J connectivity index is 1.60. The van der Waals surface area contributed by atoms with Crippen molar-refractivity contribution in [3.63, 3.8) is 0 Å². The molecular formula is C19H25BrN2O2. The van der Waals surface area contributed by atoms with E-state index in [0.29, 0.717) is 13.0 Å². The fraction of sp³-hybridized carbons (Fsp3) is 0.579. The third kappa shape index (κ3) is 3.66. The summed E-state index contributed by atoms with van der Waals surface area (Å²) in [6.07, 6.45) is 6.55. The zero-order valence-electron chi connectivity index (χ0n) is 14.0. The third-order valence-electron chi connectivity index (χ3n) is 5.37. The van der Waals surface area contributed by atoms with E-state index in [-0.39, 0.29) is 11.8 Å². The van der Waals surface area contributed by atoms with Crippen molar-refractivity contribution in [2.24, 2.45) is 0 Å². The number of carbonyl (C=O) groups excluding carboxylic acids is 2. The quantitative estimate of drug-likeness (QED) is 0.834. The van der Waals surface area contributed by atoms with Gasteiger partial charge in [0.05, 0.1) is 5.41 Å². The van der Waals surface area contributed by atoms with Crippen LogP contribution >= 0.6 is 15.9 Å². The lowest BCUT2D eigenvalue weighted by molar-refractivity contribution is -0.130. The lowest BCUT2D eigenvalue weighted by atomic mass is 9.78. The van der Waals surface area contributed by atoms with Crippen LogP contribution in [0.1, 0.15) is 50.5 Å². The Morgan fingerprint density at radius 2 is 1.67 bits per heavy atom. The topological polar surface area (TPSA) is 49.4 Å². The van der Waals surface area contributed by atoms with E-state index in [4.69, 9.17) is 0 Å². The van der Waals surface area contributed by atoms with E-state index < -0.39 is 5.41 Å². The molecule has 1 aromatic carbocycles. The molecule has 1 saturated heterocycles. The predicted octanol–water partition coefficient (Wildman–Crippen LogP) is 3.39. The summed E-state index contributed by atoms with van der Waals surface area (Å²) in [7, 11) is 0. The summed E-state index contributed by atoms with van der Waals surface area (Å²) in [5.74, 6) is 0.244. The minimum Gasteiger partial charge on any atom is -0.355 e. The first kappa shape index (κ1) is 17.5. The summed E-state index contributed by atoms with van der Waals surface area (Å²) in [6.45, 7) is 2.18. The molecule has 0 spiro atoms. The summed E-state index contributed by atoms with van der Waals surface area (Å²) < 4.78 is 1.02. The molecule has 2 amide bonds. The van der Waals surface area contributed by atoms with Gasteiger partial charge < -0.3 is 10.2 Å². The van der Waals surface area contributed by atoms with Gasteiger partial charge in [-0.2, -0.15) is 0 Å². The maximum Gasteiger partial charge on any atom is 0.230 e. The highest BCUT2D eigenvalue weighted by Gasteiger charge is 2.42. The molecule has 5 heteroatoms. The first-order valence-electron chi connectivity index (χ1n) is 8.94. The molecule has 1 aliphatic heterocycles. The van der Waals surface area contributed by atoms with Gasteiger partial charge >= 0.3 is 0 Å². The zero-order valence-corrected chi connectivity index (χ0v) is 15.6. The highest BCUT2D eigenvalue weighted by molar-refractivity contribution is 9.10. The van der Waals surface area contributed by atoms with Crippen LogP contribution in [-0.2, 0) is 15.0 Å². The van der Waals surface area contributed by atoms with Crippen molar-refractivity contribution in [3.05, 3.63) is 34.3 Å². The normalized spacial score (nSPS) is 19.5. The van der Waals surface area contributed by atoms with Crippen LogP contribution in [0.25, 0.3) is 0 Å². The molecule has 1 saturated carbocycles. The highest BCUT2D eigenvalue weighted by atomic mass is 79.9. The maximum absolute atomic E-state index is 12.9. The minimum absolute atomic E-state index is 0.0801. The van der Waals surface area contributed by atoms with Crippen LogP contribution in [0.15, 0.2) is 28.7 Å². The second-order valence-electron chi connectivity index (χ2n) is 6.89. The Labute approximate surface area is 152 Å². The second kappa shape index (κ2) is 7.68. The molecule has 2 fully saturated rings. The molecule has 0 aromatic heterocycles. The van der Waals surface area contributed by atoms with E-state index in [0.717, 1.165) is 61.7 Å². The van der Waals surface area contributed by atoms with Crippen LogP contribution in [0.2, 0.25) is 0 Å². The van der Waals surface area contributed by atoms with E-state index in [2.05, 4.69) is 21.2 Å². The van der Waals surface area contributed by atoms with Gasteiger partial charge in [-0.05, 0) is 43.4 Å². The van der Waals surface area contributed by atoms with Crippen molar-refractivity contribution in [1.29, 1.82) is 0 Å². The molecule has 2 aliphatic rings. The molecule has 1 heterocycles. The Bertz CT molecular complexity index is 588. The minimum atomic E-state index is -0.419. The van der Waals surface area contributed by atoms with E-state index in [9.17, 15) is 9.59 Å². The molecule has 1 N–H and O–H groups in total. The molecule has 0 bridgehead atoms. The highest BCUT2D eigenvalue weighted by Crippen LogP contribution is 2.41. The number of carbonyl (C=O) groups is 2. The van der Waals surface area contributed by atoms with Crippen molar-refractivity contribution in [2.75, 3.05) is 19.6 Å². The summed E-state index contributed by atoms with van der Waals surface area (Å²) in [5, 5.41) is 3.03. The van der Waals surface area contributed by atoms with Gasteiger partial charge in [-0.1, -0.05) is 40.9 Å². The molecule has 0 radical (unpaired) electrons. The summed E-state index contributed by atoms with van der Waals surface area (Å²) in [5.41, 5.74) is 0.670. The zero-order chi connectivity index (χ0) is 17.0. The average molecular weight is 393 g/mol. The fourth-order valence-electron chi connectivity index (χ4n) is 3.97. The van der Waals surface area contributed by atoms with Crippen LogP contribution in [0.4, 0.5) is 0 Å². The van der Waals surface area contributed by atoms with E-state index in [1.165, 1.54) is 0 Å². The molecule has 24 heavy (non-hydrogen) atoms. The Morgan fingerprint density at radius 3 is 2.29 bits per heavy atom. The second-order valence-corrected chi connectivity index (χ2v) is 7.81. The van der Waals surface area contributed by atoms with Gasteiger partial charge in [0.1, 0.15) is 0 Å². The first-order valence-corrected chi connectivity index (χ1v) is 9.73. The third-order valence-corrected chi connectivity index (χ3v) is 5.90. The molecule has 0 atom stereocenters. The Kier molecular flexibility index (Phi) is 5.59. The number of nitrogens with zero attached hydrogens (tertiary/aromatic N) is 1. The number of hydrogen-bond acceptors (Lipinski definition) is 2. The lowest BCUT2D eigenvalue weighted by Gasteiger charge is -2.28. The van der Waals surface area contributed by atoms with Crippen molar-refractivity contribution in [3.8, 4) is 0 Å². The van der Waals surface area contributed by atoms with Crippen LogP contribution in [0.3, 0.4) is 0 Å². The summed E-state index contributed by atoms with van der Waals surface area (Å²) >= 11 is 3.46. The smallest absolute Gasteiger partial charge is 0.230 e. The molecule has 4 nitrogen and oxygen atoms in total. The Hall–Kier alpha value is -1.36. The molecular weight excluding hydrogens is 368 g/mol. The van der Waals surface area contributed by atoms with Crippen molar-refractivity contribution < 1.29 is 9.59 Å². The van der Waals surface area contributed by atoms with Gasteiger partial charge in [-0.25, -0.2) is 0 Å². The van der Waals surface area contributed by atoms with E-state index in [1.54, 1.807) is 0 Å². The summed E-state index contributed by atoms with van der Waals surface area (Å²) in [6, 6.07) is 8.09. The number of nitrogens with one attached hydrogen (secondary N) is 1. The van der Waals surface area contributed by atoms with Crippen molar-refractivity contribution in [1.82, 2.24) is 10.2 Å². The average Bonchev–Trinajstić information content (AvgIpc) is 3.28. The largest absolute Gasteiger partial charge is 0.355 e. The van der Waals surface area contributed by atoms with Crippen LogP contribution in [0, 0.1) is 0 Å². The number of benzene rings is 1. The van der Waals surface area contributed by atoms with Gasteiger partial charge in [0.15, 0.2) is 0 Å². The van der Waals surface area contributed by atoms with Gasteiger partial charge in [-0.3, -0.25) is 9.59 Å². The molecule has 3 rings (SSSR count). The lowest BCUT2D eigenvalue weighted by Crippen LogP contribution is -2.44. The van der Waals surface area contributed by atoms with Crippen LogP contribution in [-0.4, -0.2) is 36.3 Å². The van der Waals surface area contributed by atoms with Crippen LogP contribution < -0.4 is 5.32 Å².